The lowest BCUT2D eigenvalue weighted by Crippen LogP contribution is -2.27. The molecular weight excluding hydrogens is 150 g/mol. The first-order chi connectivity index (χ1) is 5.72. The first kappa shape index (κ1) is 11.2. The van der Waals surface area contributed by atoms with Crippen molar-refractivity contribution in [2.75, 3.05) is 26.7 Å². The van der Waals surface area contributed by atoms with Crippen molar-refractivity contribution in [2.24, 2.45) is 0 Å². The third-order valence-corrected chi connectivity index (χ3v) is 1.70. The molecule has 0 amide bonds. The Balaban J connectivity index is 3.37. The smallest absolute Gasteiger partial charge is 0.119 e. The van der Waals surface area contributed by atoms with Gasteiger partial charge in [-0.05, 0) is 25.6 Å². The van der Waals surface area contributed by atoms with Gasteiger partial charge in [-0.1, -0.05) is 13.5 Å². The number of nitrogens with one attached hydrogen (secondary N) is 2. The molecule has 0 saturated carbocycles. The summed E-state index contributed by atoms with van der Waals surface area (Å²) < 4.78 is 0. The van der Waals surface area contributed by atoms with Gasteiger partial charge in [0.05, 0.1) is 0 Å². The van der Waals surface area contributed by atoms with Crippen LogP contribution in [0, 0.1) is 5.41 Å². The molecule has 0 fully saturated rings. The molecule has 0 rings (SSSR count). The average molecular weight is 169 g/mol. The summed E-state index contributed by atoms with van der Waals surface area (Å²) in [5.74, 6) is 0.492. The zero-order valence-corrected chi connectivity index (χ0v) is 8.06. The Kier molecular flexibility index (Phi) is 6.38. The molecule has 0 aliphatic heterocycles. The number of amidine groups is 1. The van der Waals surface area contributed by atoms with Gasteiger partial charge < -0.3 is 10.2 Å². The maximum Gasteiger partial charge on any atom is 0.119 e. The Morgan fingerprint density at radius 2 is 2.33 bits per heavy atom. The SMILES string of the molecule is C=CC(=N)N(C)CCCNCC. The van der Waals surface area contributed by atoms with Crippen molar-refractivity contribution < 1.29 is 0 Å². The summed E-state index contributed by atoms with van der Waals surface area (Å²) in [4.78, 5) is 1.89. The van der Waals surface area contributed by atoms with Crippen LogP contribution in [0.15, 0.2) is 12.7 Å². The fourth-order valence-electron chi connectivity index (χ4n) is 0.894. The predicted molar refractivity (Wildman–Crippen MR) is 53.7 cm³/mol. The summed E-state index contributed by atoms with van der Waals surface area (Å²) in [6, 6.07) is 0. The van der Waals surface area contributed by atoms with Crippen molar-refractivity contribution in [3.8, 4) is 0 Å². The van der Waals surface area contributed by atoms with Gasteiger partial charge in [0.25, 0.3) is 0 Å². The quantitative estimate of drug-likeness (QED) is 0.355. The minimum atomic E-state index is 0.492. The van der Waals surface area contributed by atoms with Gasteiger partial charge in [-0.25, -0.2) is 0 Å². The van der Waals surface area contributed by atoms with Gasteiger partial charge in [0, 0.05) is 13.6 Å². The first-order valence-electron chi connectivity index (χ1n) is 4.35. The second kappa shape index (κ2) is 6.85. The van der Waals surface area contributed by atoms with Crippen molar-refractivity contribution >= 4 is 5.84 Å². The molecule has 0 radical (unpaired) electrons. The predicted octanol–water partition coefficient (Wildman–Crippen LogP) is 1.08. The van der Waals surface area contributed by atoms with Crippen LogP contribution in [-0.4, -0.2) is 37.4 Å². The average Bonchev–Trinajstić information content (AvgIpc) is 2.10. The van der Waals surface area contributed by atoms with Crippen LogP contribution in [0.4, 0.5) is 0 Å². The van der Waals surface area contributed by atoms with Gasteiger partial charge in [-0.15, -0.1) is 0 Å². The summed E-state index contributed by atoms with van der Waals surface area (Å²) in [6.07, 6.45) is 2.63. The highest BCUT2D eigenvalue weighted by Gasteiger charge is 1.97. The highest BCUT2D eigenvalue weighted by molar-refractivity contribution is 5.89. The minimum absolute atomic E-state index is 0.492. The Hall–Kier alpha value is -0.830. The molecule has 3 heteroatoms. The van der Waals surface area contributed by atoms with Gasteiger partial charge >= 0.3 is 0 Å². The Bertz CT molecular complexity index is 143. The van der Waals surface area contributed by atoms with E-state index >= 15 is 0 Å². The lowest BCUT2D eigenvalue weighted by Gasteiger charge is -2.17. The fraction of sp³-hybridized carbons (Fsp3) is 0.667. The maximum absolute atomic E-state index is 7.41. The van der Waals surface area contributed by atoms with Crippen LogP contribution in [0.1, 0.15) is 13.3 Å². The summed E-state index contributed by atoms with van der Waals surface area (Å²) in [5.41, 5.74) is 0. The standard InChI is InChI=1S/C9H19N3/c1-4-9(10)12(3)8-6-7-11-5-2/h4,10-11H,1,5-8H2,2-3H3. The molecule has 0 aromatic rings. The molecule has 0 heterocycles. The lowest BCUT2D eigenvalue weighted by molar-refractivity contribution is 0.477. The van der Waals surface area contributed by atoms with E-state index in [1.807, 2.05) is 11.9 Å². The van der Waals surface area contributed by atoms with E-state index in [9.17, 15) is 0 Å². The van der Waals surface area contributed by atoms with Crippen molar-refractivity contribution in [2.45, 2.75) is 13.3 Å². The number of hydrogen-bond donors (Lipinski definition) is 2. The van der Waals surface area contributed by atoms with Crippen LogP contribution in [0.2, 0.25) is 0 Å². The van der Waals surface area contributed by atoms with Crippen LogP contribution in [0.5, 0.6) is 0 Å². The van der Waals surface area contributed by atoms with E-state index in [1.54, 1.807) is 6.08 Å². The Morgan fingerprint density at radius 1 is 1.67 bits per heavy atom. The highest BCUT2D eigenvalue weighted by Crippen LogP contribution is 1.88. The fourth-order valence-corrected chi connectivity index (χ4v) is 0.894. The van der Waals surface area contributed by atoms with Crippen LogP contribution < -0.4 is 5.32 Å². The number of nitrogens with zero attached hydrogens (tertiary/aromatic N) is 1. The molecule has 0 aromatic heterocycles. The van der Waals surface area contributed by atoms with Crippen molar-refractivity contribution in [1.29, 1.82) is 5.41 Å². The second-order valence-corrected chi connectivity index (χ2v) is 2.72. The molecule has 0 aliphatic carbocycles. The van der Waals surface area contributed by atoms with E-state index < -0.39 is 0 Å². The zero-order chi connectivity index (χ0) is 9.40. The van der Waals surface area contributed by atoms with Gasteiger partial charge in [0.2, 0.25) is 0 Å². The Labute approximate surface area is 75.0 Å². The second-order valence-electron chi connectivity index (χ2n) is 2.72. The molecule has 0 aromatic carbocycles. The van der Waals surface area contributed by atoms with Gasteiger partial charge in [0.1, 0.15) is 5.84 Å². The van der Waals surface area contributed by atoms with E-state index in [0.717, 1.165) is 26.1 Å². The number of rotatable bonds is 6. The molecule has 0 unspecified atom stereocenters. The van der Waals surface area contributed by atoms with Crippen LogP contribution in [-0.2, 0) is 0 Å². The van der Waals surface area contributed by atoms with Crippen LogP contribution >= 0.6 is 0 Å². The third kappa shape index (κ3) is 4.91. The van der Waals surface area contributed by atoms with E-state index in [1.165, 1.54) is 0 Å². The number of likely N-dealkylation sites (N-methyl/N-ethyl adjacent to an activating group) is 1. The summed E-state index contributed by atoms with van der Waals surface area (Å²) in [5, 5.41) is 10.6. The van der Waals surface area contributed by atoms with E-state index in [2.05, 4.69) is 18.8 Å². The van der Waals surface area contributed by atoms with Crippen molar-refractivity contribution in [1.82, 2.24) is 10.2 Å². The molecule has 12 heavy (non-hydrogen) atoms. The first-order valence-corrected chi connectivity index (χ1v) is 4.35. The van der Waals surface area contributed by atoms with Crippen molar-refractivity contribution in [3.05, 3.63) is 12.7 Å². The lowest BCUT2D eigenvalue weighted by atomic mass is 10.3. The van der Waals surface area contributed by atoms with Crippen LogP contribution in [0.3, 0.4) is 0 Å². The molecule has 0 saturated heterocycles. The normalized spacial score (nSPS) is 9.50. The molecule has 3 nitrogen and oxygen atoms in total. The van der Waals surface area contributed by atoms with Gasteiger partial charge in [0.15, 0.2) is 0 Å². The van der Waals surface area contributed by atoms with E-state index in [-0.39, 0.29) is 0 Å². The Morgan fingerprint density at radius 3 is 2.83 bits per heavy atom. The van der Waals surface area contributed by atoms with Gasteiger partial charge in [-0.2, -0.15) is 0 Å². The molecule has 0 atom stereocenters. The molecular formula is C9H19N3. The third-order valence-electron chi connectivity index (χ3n) is 1.70. The van der Waals surface area contributed by atoms with Crippen molar-refractivity contribution in [3.63, 3.8) is 0 Å². The molecule has 0 spiro atoms. The van der Waals surface area contributed by atoms with Gasteiger partial charge in [-0.3, -0.25) is 5.41 Å². The minimum Gasteiger partial charge on any atom is -0.360 e. The van der Waals surface area contributed by atoms with Crippen LogP contribution in [0.25, 0.3) is 0 Å². The summed E-state index contributed by atoms with van der Waals surface area (Å²) in [6.45, 7) is 8.59. The molecule has 0 bridgehead atoms. The largest absolute Gasteiger partial charge is 0.360 e. The topological polar surface area (TPSA) is 39.1 Å². The molecule has 0 aliphatic rings. The molecule has 70 valence electrons. The maximum atomic E-state index is 7.41. The zero-order valence-electron chi connectivity index (χ0n) is 8.06. The summed E-state index contributed by atoms with van der Waals surface area (Å²) in [7, 11) is 1.91. The van der Waals surface area contributed by atoms with E-state index in [4.69, 9.17) is 5.41 Å². The monoisotopic (exact) mass is 169 g/mol. The summed E-state index contributed by atoms with van der Waals surface area (Å²) >= 11 is 0. The van der Waals surface area contributed by atoms with E-state index in [0.29, 0.717) is 5.84 Å². The molecule has 2 N–H and O–H groups in total. The number of hydrogen-bond acceptors (Lipinski definition) is 2. The highest BCUT2D eigenvalue weighted by atomic mass is 15.1.